The third-order valence-electron chi connectivity index (χ3n) is 6.57. The van der Waals surface area contributed by atoms with Crippen LogP contribution in [0.5, 0.6) is 5.75 Å². The lowest BCUT2D eigenvalue weighted by molar-refractivity contribution is 0.362. The van der Waals surface area contributed by atoms with Crippen molar-refractivity contribution in [3.05, 3.63) is 77.7 Å². The molecule has 0 amide bonds. The van der Waals surface area contributed by atoms with Crippen LogP contribution in [0.1, 0.15) is 57.6 Å². The van der Waals surface area contributed by atoms with E-state index in [0.29, 0.717) is 29.9 Å². The van der Waals surface area contributed by atoms with Gasteiger partial charge in [-0.15, -0.1) is 0 Å². The average Bonchev–Trinajstić information content (AvgIpc) is 2.78. The molecule has 0 radical (unpaired) electrons. The van der Waals surface area contributed by atoms with Crippen molar-refractivity contribution in [1.82, 2.24) is 0 Å². The van der Waals surface area contributed by atoms with Crippen LogP contribution >= 0.6 is 0 Å². The molecule has 1 saturated carbocycles. The fraction of sp³-hybridized carbons (Fsp3) is 0.379. The second kappa shape index (κ2) is 11.8. The summed E-state index contributed by atoms with van der Waals surface area (Å²) in [5, 5.41) is 7.67. The summed E-state index contributed by atoms with van der Waals surface area (Å²) in [7, 11) is 0. The van der Waals surface area contributed by atoms with Gasteiger partial charge in [0, 0.05) is 35.2 Å². The van der Waals surface area contributed by atoms with Gasteiger partial charge in [0.25, 0.3) is 0 Å². The first kappa shape index (κ1) is 24.7. The molecule has 4 nitrogen and oxygen atoms in total. The van der Waals surface area contributed by atoms with Gasteiger partial charge < -0.3 is 15.9 Å². The van der Waals surface area contributed by atoms with E-state index >= 15 is 0 Å². The fourth-order valence-electron chi connectivity index (χ4n) is 3.86. The molecule has 3 N–H and O–H groups in total. The molecule has 3 rings (SSSR count). The van der Waals surface area contributed by atoms with Gasteiger partial charge in [-0.1, -0.05) is 57.2 Å². The maximum Gasteiger partial charge on any atom is 0.135 e. The quantitative estimate of drug-likeness (QED) is 0.224. The zero-order chi connectivity index (χ0) is 23.8. The van der Waals surface area contributed by atoms with E-state index in [0.717, 1.165) is 40.9 Å². The topological polar surface area (TPSA) is 71.5 Å². The Labute approximate surface area is 198 Å². The first-order chi connectivity index (χ1) is 15.9. The largest absolute Gasteiger partial charge is 0.457 e. The third kappa shape index (κ3) is 6.52. The molecule has 0 heterocycles. The Bertz CT molecular complexity index is 1030. The molecule has 0 bridgehead atoms. The molecule has 0 saturated heterocycles. The van der Waals surface area contributed by atoms with Crippen LogP contribution < -0.4 is 10.5 Å². The molecule has 0 spiro atoms. The molecule has 1 unspecified atom stereocenters. The Kier molecular flexibility index (Phi) is 8.79. The standard InChI is InChI=1S/C29H37N3O/c1-5-20(2)22(4)32-28(26-7-6-8-26)17-21(3)33-29-18-24(19-31)11-14-27(29)25-12-9-23(10-13-25)15-16-30/h9-14,17-20,26,31H,3,5-8,15-16,30H2,1-2,4H3/b28-17-,31-19?,32-22-. The molecule has 33 heavy (non-hydrogen) atoms. The van der Waals surface area contributed by atoms with Crippen LogP contribution in [0.2, 0.25) is 0 Å². The number of aliphatic imine (C=N–C) groups is 1. The van der Waals surface area contributed by atoms with Crippen LogP contribution in [-0.4, -0.2) is 18.5 Å². The van der Waals surface area contributed by atoms with Gasteiger partial charge in [0.1, 0.15) is 11.5 Å². The zero-order valence-electron chi connectivity index (χ0n) is 20.2. The van der Waals surface area contributed by atoms with E-state index in [9.17, 15) is 0 Å². The van der Waals surface area contributed by atoms with Crippen molar-refractivity contribution in [2.24, 2.45) is 22.6 Å². The minimum absolute atomic E-state index is 0.459. The van der Waals surface area contributed by atoms with Crippen LogP contribution in [0.15, 0.2) is 71.6 Å². The van der Waals surface area contributed by atoms with Gasteiger partial charge in [0.15, 0.2) is 0 Å². The Balaban J connectivity index is 1.90. The number of ether oxygens (including phenoxy) is 1. The Morgan fingerprint density at radius 3 is 2.55 bits per heavy atom. The van der Waals surface area contributed by atoms with Crippen LogP contribution in [-0.2, 0) is 6.42 Å². The number of nitrogens with zero attached hydrogens (tertiary/aromatic N) is 1. The summed E-state index contributed by atoms with van der Waals surface area (Å²) in [6.45, 7) is 11.4. The average molecular weight is 444 g/mol. The van der Waals surface area contributed by atoms with Crippen LogP contribution in [0.4, 0.5) is 0 Å². The van der Waals surface area contributed by atoms with E-state index in [1.807, 2.05) is 24.3 Å². The smallest absolute Gasteiger partial charge is 0.135 e. The minimum Gasteiger partial charge on any atom is -0.457 e. The maximum absolute atomic E-state index is 7.67. The highest BCUT2D eigenvalue weighted by atomic mass is 16.5. The molecule has 1 fully saturated rings. The molecular formula is C29H37N3O. The van der Waals surface area contributed by atoms with Crippen LogP contribution in [0, 0.1) is 17.2 Å². The molecule has 2 aromatic rings. The van der Waals surface area contributed by atoms with Crippen molar-refractivity contribution < 1.29 is 4.74 Å². The van der Waals surface area contributed by atoms with E-state index in [1.165, 1.54) is 31.0 Å². The molecule has 174 valence electrons. The van der Waals surface area contributed by atoms with Gasteiger partial charge in [0.2, 0.25) is 0 Å². The summed E-state index contributed by atoms with van der Waals surface area (Å²) in [6.07, 6.45) is 8.85. The van der Waals surface area contributed by atoms with Crippen molar-refractivity contribution in [3.63, 3.8) is 0 Å². The summed E-state index contributed by atoms with van der Waals surface area (Å²) >= 11 is 0. The maximum atomic E-state index is 7.67. The normalized spacial score (nSPS) is 15.6. The van der Waals surface area contributed by atoms with Gasteiger partial charge in [0.05, 0.1) is 0 Å². The molecule has 0 aromatic heterocycles. The van der Waals surface area contributed by atoms with Gasteiger partial charge in [-0.05, 0) is 73.9 Å². The highest BCUT2D eigenvalue weighted by molar-refractivity contribution is 5.85. The second-order valence-corrected chi connectivity index (χ2v) is 8.96. The highest BCUT2D eigenvalue weighted by Crippen LogP contribution is 2.36. The van der Waals surface area contributed by atoms with E-state index in [4.69, 9.17) is 20.9 Å². The number of nitrogens with two attached hydrogens (primary N) is 1. The number of hydrogen-bond donors (Lipinski definition) is 2. The highest BCUT2D eigenvalue weighted by Gasteiger charge is 2.23. The molecule has 0 aliphatic heterocycles. The minimum atomic E-state index is 0.459. The Morgan fingerprint density at radius 1 is 1.24 bits per heavy atom. The first-order valence-corrected chi connectivity index (χ1v) is 12.0. The number of allylic oxidation sites excluding steroid dienone is 2. The lowest BCUT2D eigenvalue weighted by atomic mass is 9.82. The molecule has 1 aliphatic carbocycles. The van der Waals surface area contributed by atoms with E-state index in [2.05, 4.69) is 51.6 Å². The lowest BCUT2D eigenvalue weighted by Gasteiger charge is -2.27. The number of hydrogen-bond acceptors (Lipinski definition) is 4. The zero-order valence-corrected chi connectivity index (χ0v) is 20.2. The predicted octanol–water partition coefficient (Wildman–Crippen LogP) is 6.94. The molecule has 2 aromatic carbocycles. The van der Waals surface area contributed by atoms with Crippen LogP contribution in [0.3, 0.4) is 0 Å². The van der Waals surface area contributed by atoms with Gasteiger partial charge in [-0.3, -0.25) is 4.99 Å². The summed E-state index contributed by atoms with van der Waals surface area (Å²) < 4.78 is 6.27. The summed E-state index contributed by atoms with van der Waals surface area (Å²) in [5.74, 6) is 2.20. The third-order valence-corrected chi connectivity index (χ3v) is 6.57. The van der Waals surface area contributed by atoms with Gasteiger partial charge >= 0.3 is 0 Å². The summed E-state index contributed by atoms with van der Waals surface area (Å²) in [4.78, 5) is 4.98. The van der Waals surface area contributed by atoms with Crippen LogP contribution in [0.25, 0.3) is 11.1 Å². The molecule has 4 heteroatoms. The van der Waals surface area contributed by atoms with E-state index in [-0.39, 0.29) is 0 Å². The van der Waals surface area contributed by atoms with E-state index in [1.54, 1.807) is 0 Å². The van der Waals surface area contributed by atoms with Crippen molar-refractivity contribution in [2.75, 3.05) is 6.54 Å². The molecular weight excluding hydrogens is 406 g/mol. The lowest BCUT2D eigenvalue weighted by Crippen LogP contribution is -2.15. The van der Waals surface area contributed by atoms with Gasteiger partial charge in [-0.25, -0.2) is 0 Å². The number of nitrogens with one attached hydrogen (secondary N) is 1. The monoisotopic (exact) mass is 443 g/mol. The van der Waals surface area contributed by atoms with Gasteiger partial charge in [-0.2, -0.15) is 0 Å². The first-order valence-electron chi connectivity index (χ1n) is 12.0. The Hall–Kier alpha value is -2.98. The summed E-state index contributed by atoms with van der Waals surface area (Å²) in [5.41, 5.74) is 11.9. The summed E-state index contributed by atoms with van der Waals surface area (Å²) in [6, 6.07) is 14.2. The number of benzene rings is 2. The van der Waals surface area contributed by atoms with Crippen molar-refractivity contribution in [2.45, 2.75) is 52.9 Å². The van der Waals surface area contributed by atoms with Crippen molar-refractivity contribution >= 4 is 11.9 Å². The van der Waals surface area contributed by atoms with Crippen molar-refractivity contribution in [1.29, 1.82) is 5.41 Å². The fourth-order valence-corrected chi connectivity index (χ4v) is 3.86. The Morgan fingerprint density at radius 2 is 1.97 bits per heavy atom. The SMILES string of the molecule is C=C(/C=C(\N=C(\C)C(C)CC)C1CCC1)Oc1cc(C=N)ccc1-c1ccc(CCN)cc1. The molecule has 1 atom stereocenters. The molecule has 1 aliphatic rings. The predicted molar refractivity (Wildman–Crippen MR) is 140 cm³/mol. The van der Waals surface area contributed by atoms with E-state index < -0.39 is 0 Å². The number of rotatable bonds is 11. The second-order valence-electron chi connectivity index (χ2n) is 8.96. The van der Waals surface area contributed by atoms with Crippen molar-refractivity contribution in [3.8, 4) is 16.9 Å².